The Hall–Kier alpha value is -0.780. The quantitative estimate of drug-likeness (QED) is 0.902. The van der Waals surface area contributed by atoms with E-state index >= 15 is 0 Å². The number of rotatable bonds is 2. The van der Waals surface area contributed by atoms with E-state index in [0.29, 0.717) is 0 Å². The number of nitrogens with one attached hydrogen (secondary N) is 1. The van der Waals surface area contributed by atoms with E-state index in [1.54, 1.807) is 12.1 Å². The molecule has 0 unspecified atom stereocenters. The van der Waals surface area contributed by atoms with E-state index in [0.717, 1.165) is 43.9 Å². The second-order valence-corrected chi connectivity index (χ2v) is 4.58. The molecular weight excluding hydrogens is 277 g/mol. The van der Waals surface area contributed by atoms with Crippen LogP contribution in [0.3, 0.4) is 0 Å². The maximum Gasteiger partial charge on any atom is 0.416 e. The van der Waals surface area contributed by atoms with Crippen LogP contribution >= 0.6 is 12.4 Å². The van der Waals surface area contributed by atoms with Crippen molar-refractivity contribution in [2.45, 2.75) is 19.1 Å². The lowest BCUT2D eigenvalue weighted by Crippen LogP contribution is -2.44. The molecule has 0 aliphatic carbocycles. The topological polar surface area (TPSA) is 15.3 Å². The van der Waals surface area contributed by atoms with Gasteiger partial charge in [0, 0.05) is 32.2 Å². The van der Waals surface area contributed by atoms with E-state index in [1.807, 2.05) is 6.92 Å². The first-order valence-corrected chi connectivity index (χ1v) is 6.10. The van der Waals surface area contributed by atoms with Crippen molar-refractivity contribution >= 4 is 12.4 Å². The smallest absolute Gasteiger partial charge is 0.314 e. The van der Waals surface area contributed by atoms with Crippen LogP contribution in [0.2, 0.25) is 0 Å². The lowest BCUT2D eigenvalue weighted by atomic mass is 10.0. The van der Waals surface area contributed by atoms with Crippen LogP contribution in [0.5, 0.6) is 0 Å². The van der Waals surface area contributed by atoms with Crippen molar-refractivity contribution in [1.29, 1.82) is 0 Å². The van der Waals surface area contributed by atoms with Crippen molar-refractivity contribution in [3.05, 3.63) is 35.4 Å². The zero-order chi connectivity index (χ0) is 13.2. The number of halogens is 4. The molecule has 0 saturated carbocycles. The fourth-order valence-electron chi connectivity index (χ4n) is 2.23. The highest BCUT2D eigenvalue weighted by atomic mass is 35.5. The minimum absolute atomic E-state index is 0. The number of piperazine rings is 1. The molecule has 6 heteroatoms. The number of benzene rings is 1. The molecule has 0 bridgehead atoms. The van der Waals surface area contributed by atoms with Gasteiger partial charge in [0.15, 0.2) is 0 Å². The Morgan fingerprint density at radius 2 is 1.63 bits per heavy atom. The van der Waals surface area contributed by atoms with E-state index in [4.69, 9.17) is 0 Å². The van der Waals surface area contributed by atoms with Crippen LogP contribution in [-0.2, 0) is 6.18 Å². The Labute approximate surface area is 117 Å². The van der Waals surface area contributed by atoms with Gasteiger partial charge in [0.1, 0.15) is 0 Å². The summed E-state index contributed by atoms with van der Waals surface area (Å²) < 4.78 is 37.4. The molecular formula is C13H18ClF3N2. The zero-order valence-corrected chi connectivity index (χ0v) is 11.5. The molecule has 2 nitrogen and oxygen atoms in total. The highest BCUT2D eigenvalue weighted by Crippen LogP contribution is 2.30. The van der Waals surface area contributed by atoms with Crippen molar-refractivity contribution in [2.24, 2.45) is 0 Å². The summed E-state index contributed by atoms with van der Waals surface area (Å²) in [5, 5.41) is 3.26. The summed E-state index contributed by atoms with van der Waals surface area (Å²) in [5.74, 6) is 0. The van der Waals surface area contributed by atoms with Gasteiger partial charge in [-0.1, -0.05) is 12.1 Å². The van der Waals surface area contributed by atoms with E-state index < -0.39 is 11.7 Å². The standard InChI is InChI=1S/C13H17F3N2.ClH/c1-10(18-8-6-17-7-9-18)11-2-4-12(5-3-11)13(14,15)16;/h2-5,10,17H,6-9H2,1H3;1H/t10-;/m1./s1. The summed E-state index contributed by atoms with van der Waals surface area (Å²) in [6.07, 6.45) is -4.25. The minimum Gasteiger partial charge on any atom is -0.314 e. The van der Waals surface area contributed by atoms with Crippen molar-refractivity contribution < 1.29 is 13.2 Å². The number of nitrogens with zero attached hydrogens (tertiary/aromatic N) is 1. The Morgan fingerprint density at radius 1 is 1.11 bits per heavy atom. The van der Waals surface area contributed by atoms with E-state index in [2.05, 4.69) is 10.2 Å². The second-order valence-electron chi connectivity index (χ2n) is 4.58. The molecule has 1 heterocycles. The van der Waals surface area contributed by atoms with Gasteiger partial charge in [-0.3, -0.25) is 4.90 Å². The van der Waals surface area contributed by atoms with Gasteiger partial charge in [-0.05, 0) is 24.6 Å². The summed E-state index contributed by atoms with van der Waals surface area (Å²) in [4.78, 5) is 2.28. The first kappa shape index (κ1) is 16.3. The molecule has 1 fully saturated rings. The SMILES string of the molecule is C[C@H](c1ccc(C(F)(F)F)cc1)N1CCNCC1.Cl. The molecule has 1 aliphatic heterocycles. The number of hydrogen-bond acceptors (Lipinski definition) is 2. The molecule has 0 amide bonds. The van der Waals surface area contributed by atoms with Crippen LogP contribution in [-0.4, -0.2) is 31.1 Å². The molecule has 1 saturated heterocycles. The molecule has 0 spiro atoms. The zero-order valence-electron chi connectivity index (χ0n) is 10.7. The van der Waals surface area contributed by atoms with Gasteiger partial charge >= 0.3 is 6.18 Å². The third-order valence-electron chi connectivity index (χ3n) is 3.42. The average Bonchev–Trinajstić information content (AvgIpc) is 2.38. The fourth-order valence-corrected chi connectivity index (χ4v) is 2.23. The maximum absolute atomic E-state index is 12.5. The second kappa shape index (κ2) is 6.59. The van der Waals surface area contributed by atoms with Crippen LogP contribution in [0.4, 0.5) is 13.2 Å². The summed E-state index contributed by atoms with van der Waals surface area (Å²) in [7, 11) is 0. The monoisotopic (exact) mass is 294 g/mol. The maximum atomic E-state index is 12.5. The average molecular weight is 295 g/mol. The van der Waals surface area contributed by atoms with Gasteiger partial charge in [-0.2, -0.15) is 13.2 Å². The van der Waals surface area contributed by atoms with Gasteiger partial charge in [0.2, 0.25) is 0 Å². The van der Waals surface area contributed by atoms with Crippen LogP contribution in [0.25, 0.3) is 0 Å². The fraction of sp³-hybridized carbons (Fsp3) is 0.538. The molecule has 1 aliphatic rings. The van der Waals surface area contributed by atoms with Crippen molar-refractivity contribution in [3.8, 4) is 0 Å². The Balaban J connectivity index is 0.00000180. The Kier molecular flexibility index (Phi) is 5.64. The number of alkyl halides is 3. The molecule has 2 rings (SSSR count). The van der Waals surface area contributed by atoms with Crippen molar-refractivity contribution in [1.82, 2.24) is 10.2 Å². The summed E-state index contributed by atoms with van der Waals surface area (Å²) >= 11 is 0. The van der Waals surface area contributed by atoms with E-state index in [1.165, 1.54) is 0 Å². The van der Waals surface area contributed by atoms with Crippen LogP contribution < -0.4 is 5.32 Å². The highest BCUT2D eigenvalue weighted by Gasteiger charge is 2.30. The molecule has 1 atom stereocenters. The largest absolute Gasteiger partial charge is 0.416 e. The van der Waals surface area contributed by atoms with Crippen molar-refractivity contribution in [3.63, 3.8) is 0 Å². The van der Waals surface area contributed by atoms with Gasteiger partial charge in [-0.15, -0.1) is 12.4 Å². The van der Waals surface area contributed by atoms with Gasteiger partial charge in [0.25, 0.3) is 0 Å². The minimum atomic E-state index is -4.25. The van der Waals surface area contributed by atoms with Gasteiger partial charge < -0.3 is 5.32 Å². The lowest BCUT2D eigenvalue weighted by Gasteiger charge is -2.33. The van der Waals surface area contributed by atoms with Gasteiger partial charge in [-0.25, -0.2) is 0 Å². The Bertz CT molecular complexity index is 386. The molecule has 0 aromatic heterocycles. The molecule has 0 radical (unpaired) electrons. The first-order valence-electron chi connectivity index (χ1n) is 6.10. The molecule has 1 aromatic rings. The molecule has 1 aromatic carbocycles. The predicted molar refractivity (Wildman–Crippen MR) is 71.5 cm³/mol. The Morgan fingerprint density at radius 3 is 2.11 bits per heavy atom. The molecule has 108 valence electrons. The van der Waals surface area contributed by atoms with Crippen LogP contribution in [0, 0.1) is 0 Å². The van der Waals surface area contributed by atoms with E-state index in [-0.39, 0.29) is 18.4 Å². The molecule has 19 heavy (non-hydrogen) atoms. The third-order valence-corrected chi connectivity index (χ3v) is 3.42. The lowest BCUT2D eigenvalue weighted by molar-refractivity contribution is -0.137. The third kappa shape index (κ3) is 4.09. The van der Waals surface area contributed by atoms with Crippen LogP contribution in [0.15, 0.2) is 24.3 Å². The number of hydrogen-bond donors (Lipinski definition) is 1. The summed E-state index contributed by atoms with van der Waals surface area (Å²) in [6, 6.07) is 5.64. The highest BCUT2D eigenvalue weighted by molar-refractivity contribution is 5.85. The molecule has 1 N–H and O–H groups in total. The normalized spacial score (nSPS) is 18.7. The summed E-state index contributed by atoms with van der Waals surface area (Å²) in [5.41, 5.74) is 0.351. The van der Waals surface area contributed by atoms with Crippen LogP contribution in [0.1, 0.15) is 24.1 Å². The first-order chi connectivity index (χ1) is 8.48. The predicted octanol–water partition coefficient (Wildman–Crippen LogP) is 3.09. The van der Waals surface area contributed by atoms with E-state index in [9.17, 15) is 13.2 Å². The summed E-state index contributed by atoms with van der Waals surface area (Å²) in [6.45, 7) is 5.77. The van der Waals surface area contributed by atoms with Crippen molar-refractivity contribution in [2.75, 3.05) is 26.2 Å². The van der Waals surface area contributed by atoms with Gasteiger partial charge in [0.05, 0.1) is 5.56 Å².